The van der Waals surface area contributed by atoms with Crippen LogP contribution in [0.3, 0.4) is 0 Å². The third-order valence-electron chi connectivity index (χ3n) is 4.05. The van der Waals surface area contributed by atoms with E-state index in [-0.39, 0.29) is 0 Å². The van der Waals surface area contributed by atoms with Gasteiger partial charge in [-0.15, -0.1) is 0 Å². The first-order valence-corrected chi connectivity index (χ1v) is 7.90. The summed E-state index contributed by atoms with van der Waals surface area (Å²) in [6, 6.07) is 16.3. The maximum Gasteiger partial charge on any atom is 0.128 e. The monoisotopic (exact) mass is 304 g/mol. The van der Waals surface area contributed by atoms with E-state index in [2.05, 4.69) is 57.3 Å². The number of benzene rings is 1. The Morgan fingerprint density at radius 3 is 2.48 bits per heavy atom. The topological polar surface area (TPSA) is 43.2 Å². The molecule has 1 aliphatic heterocycles. The van der Waals surface area contributed by atoms with Gasteiger partial charge in [-0.2, -0.15) is 5.26 Å². The van der Waals surface area contributed by atoms with Gasteiger partial charge in [0.05, 0.1) is 5.56 Å². The summed E-state index contributed by atoms with van der Waals surface area (Å²) in [4.78, 5) is 9.09. The van der Waals surface area contributed by atoms with Crippen LogP contribution in [-0.2, 0) is 0 Å². The van der Waals surface area contributed by atoms with E-state index in [1.807, 2.05) is 18.2 Å². The van der Waals surface area contributed by atoms with Crippen molar-refractivity contribution in [1.82, 2.24) is 9.88 Å². The molecule has 116 valence electrons. The van der Waals surface area contributed by atoms with E-state index in [9.17, 15) is 0 Å². The average Bonchev–Trinajstić information content (AvgIpc) is 2.63. The van der Waals surface area contributed by atoms with Crippen LogP contribution in [0.1, 0.15) is 11.1 Å². The number of anilines is 1. The van der Waals surface area contributed by atoms with Gasteiger partial charge in [0, 0.05) is 38.9 Å². The van der Waals surface area contributed by atoms with Crippen molar-refractivity contribution >= 4 is 11.9 Å². The maximum absolute atomic E-state index is 8.82. The summed E-state index contributed by atoms with van der Waals surface area (Å²) < 4.78 is 0. The first-order chi connectivity index (χ1) is 11.3. The Kier molecular flexibility index (Phi) is 5.02. The van der Waals surface area contributed by atoms with Crippen molar-refractivity contribution in [2.24, 2.45) is 0 Å². The molecule has 0 spiro atoms. The van der Waals surface area contributed by atoms with Crippen LogP contribution in [0.25, 0.3) is 6.08 Å². The van der Waals surface area contributed by atoms with Crippen molar-refractivity contribution in [3.05, 3.63) is 65.9 Å². The van der Waals surface area contributed by atoms with Gasteiger partial charge in [-0.3, -0.25) is 4.90 Å². The minimum atomic E-state index is 0.610. The first-order valence-electron chi connectivity index (χ1n) is 7.90. The molecule has 2 aromatic rings. The van der Waals surface area contributed by atoms with E-state index >= 15 is 0 Å². The predicted octanol–water partition coefficient (Wildman–Crippen LogP) is 2.79. The third-order valence-corrected chi connectivity index (χ3v) is 4.05. The van der Waals surface area contributed by atoms with Crippen LogP contribution in [0.4, 0.5) is 5.82 Å². The molecule has 4 nitrogen and oxygen atoms in total. The van der Waals surface area contributed by atoms with Crippen LogP contribution in [0.5, 0.6) is 0 Å². The molecule has 0 bridgehead atoms. The molecule has 2 heterocycles. The molecule has 4 heteroatoms. The Hall–Kier alpha value is -2.64. The molecule has 1 aliphatic rings. The lowest BCUT2D eigenvalue weighted by Gasteiger charge is -2.34. The fourth-order valence-electron chi connectivity index (χ4n) is 2.70. The molecule has 0 atom stereocenters. The molecule has 1 aromatic heterocycles. The molecule has 3 rings (SSSR count). The second kappa shape index (κ2) is 7.57. The highest BCUT2D eigenvalue weighted by molar-refractivity contribution is 5.48. The summed E-state index contributed by atoms with van der Waals surface area (Å²) in [5, 5.41) is 8.82. The molecule has 0 N–H and O–H groups in total. The average molecular weight is 304 g/mol. The molecule has 0 saturated carbocycles. The number of hydrogen-bond donors (Lipinski definition) is 0. The minimum Gasteiger partial charge on any atom is -0.354 e. The lowest BCUT2D eigenvalue weighted by Crippen LogP contribution is -2.46. The summed E-state index contributed by atoms with van der Waals surface area (Å²) in [6.45, 7) is 4.97. The molecular weight excluding hydrogens is 284 g/mol. The molecule has 0 aliphatic carbocycles. The normalized spacial score (nSPS) is 15.7. The highest BCUT2D eigenvalue weighted by Gasteiger charge is 2.16. The molecular formula is C19H20N4. The maximum atomic E-state index is 8.82. The molecule has 0 radical (unpaired) electrons. The fraction of sp³-hybridized carbons (Fsp3) is 0.263. The Labute approximate surface area is 137 Å². The summed E-state index contributed by atoms with van der Waals surface area (Å²) in [5.74, 6) is 0.962. The van der Waals surface area contributed by atoms with Crippen molar-refractivity contribution in [3.8, 4) is 6.07 Å². The van der Waals surface area contributed by atoms with Gasteiger partial charge >= 0.3 is 0 Å². The number of piperazine rings is 1. The highest BCUT2D eigenvalue weighted by atomic mass is 15.3. The smallest absolute Gasteiger partial charge is 0.128 e. The molecule has 1 fully saturated rings. The van der Waals surface area contributed by atoms with Gasteiger partial charge in [-0.1, -0.05) is 42.5 Å². The van der Waals surface area contributed by atoms with Crippen molar-refractivity contribution in [2.75, 3.05) is 37.6 Å². The Morgan fingerprint density at radius 2 is 1.83 bits per heavy atom. The minimum absolute atomic E-state index is 0.610. The molecule has 1 aromatic carbocycles. The second-order valence-electron chi connectivity index (χ2n) is 5.62. The zero-order valence-electron chi connectivity index (χ0n) is 13.1. The van der Waals surface area contributed by atoms with Crippen LogP contribution in [-0.4, -0.2) is 42.6 Å². The number of hydrogen-bond acceptors (Lipinski definition) is 4. The van der Waals surface area contributed by atoms with Crippen LogP contribution in [0, 0.1) is 11.3 Å². The number of rotatable bonds is 4. The number of nitrogens with zero attached hydrogens (tertiary/aromatic N) is 4. The molecule has 23 heavy (non-hydrogen) atoms. The zero-order valence-corrected chi connectivity index (χ0v) is 13.1. The quantitative estimate of drug-likeness (QED) is 0.871. The Balaban J connectivity index is 1.48. The predicted molar refractivity (Wildman–Crippen MR) is 93.1 cm³/mol. The summed E-state index contributed by atoms with van der Waals surface area (Å²) in [5.41, 5.74) is 1.85. The largest absolute Gasteiger partial charge is 0.354 e. The molecule has 0 amide bonds. The zero-order chi connectivity index (χ0) is 15.9. The summed E-state index contributed by atoms with van der Waals surface area (Å²) in [7, 11) is 0. The van der Waals surface area contributed by atoms with E-state index in [1.165, 1.54) is 5.56 Å². The van der Waals surface area contributed by atoms with Crippen LogP contribution in [0.2, 0.25) is 0 Å². The van der Waals surface area contributed by atoms with E-state index in [0.717, 1.165) is 38.5 Å². The number of pyridine rings is 1. The lowest BCUT2D eigenvalue weighted by molar-refractivity contribution is 0.283. The molecule has 0 unspecified atom stereocenters. The SMILES string of the molecule is N#Cc1ccc(N2CCN(C/C=C/c3ccccc3)CC2)nc1. The van der Waals surface area contributed by atoms with Crippen LogP contribution < -0.4 is 4.90 Å². The van der Waals surface area contributed by atoms with Crippen molar-refractivity contribution < 1.29 is 0 Å². The third kappa shape index (κ3) is 4.18. The van der Waals surface area contributed by atoms with Gasteiger partial charge in [0.15, 0.2) is 0 Å². The van der Waals surface area contributed by atoms with E-state index in [0.29, 0.717) is 5.56 Å². The lowest BCUT2D eigenvalue weighted by atomic mass is 10.2. The van der Waals surface area contributed by atoms with Crippen molar-refractivity contribution in [2.45, 2.75) is 0 Å². The number of nitriles is 1. The summed E-state index contributed by atoms with van der Waals surface area (Å²) in [6.07, 6.45) is 6.05. The van der Waals surface area contributed by atoms with Gasteiger partial charge in [0.2, 0.25) is 0 Å². The van der Waals surface area contributed by atoms with E-state index < -0.39 is 0 Å². The van der Waals surface area contributed by atoms with Gasteiger partial charge in [-0.25, -0.2) is 4.98 Å². The Bertz CT molecular complexity index is 678. The van der Waals surface area contributed by atoms with Crippen LogP contribution in [0.15, 0.2) is 54.7 Å². The molecule has 1 saturated heterocycles. The standard InChI is InChI=1S/C19H20N4/c20-15-18-8-9-19(21-16-18)23-13-11-22(12-14-23)10-4-7-17-5-2-1-3-6-17/h1-9,16H,10-14H2/b7-4+. The number of aromatic nitrogens is 1. The van der Waals surface area contributed by atoms with Crippen molar-refractivity contribution in [3.63, 3.8) is 0 Å². The summed E-state index contributed by atoms with van der Waals surface area (Å²) >= 11 is 0. The van der Waals surface area contributed by atoms with Gasteiger partial charge < -0.3 is 4.90 Å². The second-order valence-corrected chi connectivity index (χ2v) is 5.62. The van der Waals surface area contributed by atoms with Gasteiger partial charge in [0.25, 0.3) is 0 Å². The fourth-order valence-corrected chi connectivity index (χ4v) is 2.70. The van der Waals surface area contributed by atoms with Gasteiger partial charge in [-0.05, 0) is 17.7 Å². The van der Waals surface area contributed by atoms with E-state index in [1.54, 1.807) is 6.20 Å². The van der Waals surface area contributed by atoms with Crippen LogP contribution >= 0.6 is 0 Å². The van der Waals surface area contributed by atoms with Crippen molar-refractivity contribution in [1.29, 1.82) is 5.26 Å². The van der Waals surface area contributed by atoms with Gasteiger partial charge in [0.1, 0.15) is 11.9 Å². The Morgan fingerprint density at radius 1 is 1.04 bits per heavy atom. The highest BCUT2D eigenvalue weighted by Crippen LogP contribution is 2.14. The first kappa shape index (κ1) is 15.3. The van der Waals surface area contributed by atoms with E-state index in [4.69, 9.17) is 5.26 Å².